The summed E-state index contributed by atoms with van der Waals surface area (Å²) >= 11 is 0. The van der Waals surface area contributed by atoms with Crippen LogP contribution in [0.2, 0.25) is 0 Å². The van der Waals surface area contributed by atoms with Crippen LogP contribution in [0.1, 0.15) is 16.1 Å². The van der Waals surface area contributed by atoms with Gasteiger partial charge < -0.3 is 21.1 Å². The van der Waals surface area contributed by atoms with Crippen LogP contribution in [0, 0.1) is 0 Å². The van der Waals surface area contributed by atoms with Gasteiger partial charge in [0.1, 0.15) is 35.7 Å². The van der Waals surface area contributed by atoms with E-state index in [1.54, 1.807) is 5.32 Å². The van der Waals surface area contributed by atoms with Gasteiger partial charge in [0.25, 0.3) is 5.91 Å². The average molecular weight is 568 g/mol. The molecular weight excluding hydrogens is 550 g/mol. The second-order valence-corrected chi connectivity index (χ2v) is 8.05. The van der Waals surface area contributed by atoms with Gasteiger partial charge in [-0.25, -0.2) is 19.3 Å². The first kappa shape index (κ1) is 27.9. The molecule has 0 saturated heterocycles. The maximum Gasteiger partial charge on any atom is 0.433 e. The Hall–Kier alpha value is -5.09. The Kier molecular flexibility index (Phi) is 7.39. The first-order valence-corrected chi connectivity index (χ1v) is 11.0. The van der Waals surface area contributed by atoms with E-state index in [0.717, 1.165) is 24.5 Å². The number of rotatable bonds is 6. The van der Waals surface area contributed by atoms with Crippen LogP contribution in [0.5, 0.6) is 5.75 Å². The van der Waals surface area contributed by atoms with Crippen LogP contribution >= 0.6 is 0 Å². The van der Waals surface area contributed by atoms with Crippen LogP contribution < -0.4 is 26.4 Å². The smallest absolute Gasteiger partial charge is 0.433 e. The molecule has 4 aromatic rings. The Labute approximate surface area is 220 Å². The predicted octanol–water partition coefficient (Wildman–Crippen LogP) is 4.34. The van der Waals surface area contributed by atoms with Crippen molar-refractivity contribution in [3.05, 3.63) is 60.2 Å². The van der Waals surface area contributed by atoms with Crippen molar-refractivity contribution in [2.45, 2.75) is 12.4 Å². The van der Waals surface area contributed by atoms with Crippen molar-refractivity contribution in [3.8, 4) is 16.9 Å². The fourth-order valence-corrected chi connectivity index (χ4v) is 3.66. The van der Waals surface area contributed by atoms with Crippen LogP contribution in [0.4, 0.5) is 48.5 Å². The number of halogens is 6. The number of benzene rings is 1. The number of ether oxygens (including phenoxy) is 1. The molecule has 3 aromatic heterocycles. The highest BCUT2D eigenvalue weighted by molar-refractivity contribution is 6.07. The van der Waals surface area contributed by atoms with Gasteiger partial charge in [-0.1, -0.05) is 12.1 Å². The number of alkyl halides is 6. The Balaban J connectivity index is 1.66. The van der Waals surface area contributed by atoms with E-state index in [1.165, 1.54) is 36.0 Å². The van der Waals surface area contributed by atoms with Gasteiger partial charge in [-0.15, -0.1) is 0 Å². The van der Waals surface area contributed by atoms with Crippen LogP contribution in [0.15, 0.2) is 48.9 Å². The summed E-state index contributed by atoms with van der Waals surface area (Å²) in [6.07, 6.45) is -7.10. The molecule has 3 amide bonds. The van der Waals surface area contributed by atoms with E-state index < -0.39 is 36.5 Å². The molecule has 1 aromatic carbocycles. The Morgan fingerprint density at radius 3 is 2.50 bits per heavy atom. The Bertz CT molecular complexity index is 1590. The van der Waals surface area contributed by atoms with E-state index in [2.05, 4.69) is 25.7 Å². The number of methoxy groups -OCH3 is 1. The quantitative estimate of drug-likeness (QED) is 0.253. The highest BCUT2D eigenvalue weighted by atomic mass is 19.4. The van der Waals surface area contributed by atoms with E-state index >= 15 is 0 Å². The summed E-state index contributed by atoms with van der Waals surface area (Å²) in [6, 6.07) is 6.13. The molecule has 3 heterocycles. The highest BCUT2D eigenvalue weighted by Gasteiger charge is 2.33. The van der Waals surface area contributed by atoms with Crippen LogP contribution in [-0.2, 0) is 6.18 Å². The summed E-state index contributed by atoms with van der Waals surface area (Å²) in [5, 5.41) is 10.3. The van der Waals surface area contributed by atoms with Gasteiger partial charge in [0.05, 0.1) is 18.4 Å². The highest BCUT2D eigenvalue weighted by Crippen LogP contribution is 2.37. The largest absolute Gasteiger partial charge is 0.495 e. The summed E-state index contributed by atoms with van der Waals surface area (Å²) < 4.78 is 83.3. The van der Waals surface area contributed by atoms with Crippen LogP contribution in [0.3, 0.4) is 0 Å². The molecule has 4 rings (SSSR count). The average Bonchev–Trinajstić information content (AvgIpc) is 3.28. The molecule has 0 bridgehead atoms. The van der Waals surface area contributed by atoms with Crippen molar-refractivity contribution in [1.82, 2.24) is 24.9 Å². The van der Waals surface area contributed by atoms with Crippen LogP contribution in [0.25, 0.3) is 16.6 Å². The van der Waals surface area contributed by atoms with Crippen molar-refractivity contribution in [2.75, 3.05) is 30.0 Å². The van der Waals surface area contributed by atoms with Crippen molar-refractivity contribution in [1.29, 1.82) is 0 Å². The van der Waals surface area contributed by atoms with E-state index in [9.17, 15) is 35.9 Å². The SMILES string of the molecule is COc1cc(-c2c(C(=O)NCC(F)(F)F)cn3ncnc(N)c23)ccc1NC(=O)Nc1cccc(C(F)(F)F)n1. The first-order chi connectivity index (χ1) is 18.8. The zero-order valence-corrected chi connectivity index (χ0v) is 20.2. The lowest BCUT2D eigenvalue weighted by Gasteiger charge is -2.14. The first-order valence-electron chi connectivity index (χ1n) is 11.0. The number of fused-ring (bicyclic) bond motifs is 1. The molecule has 17 heteroatoms. The van der Waals surface area contributed by atoms with Gasteiger partial charge in [0.15, 0.2) is 5.82 Å². The number of amides is 3. The molecule has 0 fully saturated rings. The van der Waals surface area contributed by atoms with E-state index in [0.29, 0.717) is 0 Å². The molecule has 0 aliphatic carbocycles. The van der Waals surface area contributed by atoms with Gasteiger partial charge in [-0.05, 0) is 29.8 Å². The minimum absolute atomic E-state index is 0.0288. The molecule has 0 atom stereocenters. The maximum atomic E-state index is 12.9. The van der Waals surface area contributed by atoms with E-state index in [4.69, 9.17) is 10.5 Å². The number of nitrogens with zero attached hydrogens (tertiary/aromatic N) is 4. The second kappa shape index (κ2) is 10.6. The Morgan fingerprint density at radius 1 is 1.07 bits per heavy atom. The number of nitrogen functional groups attached to an aromatic ring is 1. The van der Waals surface area contributed by atoms with Gasteiger partial charge in [-0.2, -0.15) is 31.4 Å². The monoisotopic (exact) mass is 568 g/mol. The van der Waals surface area contributed by atoms with E-state index in [-0.39, 0.29) is 45.3 Å². The van der Waals surface area contributed by atoms with Crippen molar-refractivity contribution in [3.63, 3.8) is 0 Å². The number of hydrogen-bond acceptors (Lipinski definition) is 7. The van der Waals surface area contributed by atoms with Crippen molar-refractivity contribution < 1.29 is 40.7 Å². The molecule has 5 N–H and O–H groups in total. The third kappa shape index (κ3) is 6.13. The number of nitrogens with two attached hydrogens (primary N) is 1. The fourth-order valence-electron chi connectivity index (χ4n) is 3.66. The minimum Gasteiger partial charge on any atom is -0.495 e. The molecule has 0 spiro atoms. The zero-order valence-electron chi connectivity index (χ0n) is 20.2. The molecule has 0 radical (unpaired) electrons. The van der Waals surface area contributed by atoms with Gasteiger partial charge in [-0.3, -0.25) is 10.1 Å². The fraction of sp³-hybridized carbons (Fsp3) is 0.174. The number of pyridine rings is 1. The third-order valence-corrected chi connectivity index (χ3v) is 5.32. The minimum atomic E-state index is -4.71. The second-order valence-electron chi connectivity index (χ2n) is 8.05. The summed E-state index contributed by atoms with van der Waals surface area (Å²) in [4.78, 5) is 32.4. The number of hydrogen-bond donors (Lipinski definition) is 4. The van der Waals surface area contributed by atoms with Crippen LogP contribution in [-0.4, -0.2) is 51.4 Å². The lowest BCUT2D eigenvalue weighted by Crippen LogP contribution is -2.33. The van der Waals surface area contributed by atoms with Crippen molar-refractivity contribution in [2.24, 2.45) is 0 Å². The molecule has 0 aliphatic heterocycles. The molecule has 40 heavy (non-hydrogen) atoms. The number of carbonyl (C=O) groups is 2. The molecule has 210 valence electrons. The molecule has 0 unspecified atom stereocenters. The number of aromatic nitrogens is 4. The standard InChI is InChI=1S/C23H18F6N8O3/c1-40-14-7-11(5-6-13(14)34-21(39)36-16-4-2-3-15(35-16)23(27,28)29)17-12(20(38)31-9-22(24,25)26)8-37-18(17)19(30)32-10-33-37/h2-8,10H,9H2,1H3,(H,31,38)(H2,30,32,33)(H2,34,35,36,39). The number of anilines is 3. The summed E-state index contributed by atoms with van der Waals surface area (Å²) in [5.74, 6) is -1.48. The van der Waals surface area contributed by atoms with Gasteiger partial charge in [0, 0.05) is 11.8 Å². The molecular formula is C23H18F6N8O3. The lowest BCUT2D eigenvalue weighted by molar-refractivity contribution is -0.141. The van der Waals surface area contributed by atoms with Crippen molar-refractivity contribution >= 4 is 34.8 Å². The molecule has 0 aliphatic rings. The zero-order chi connectivity index (χ0) is 29.2. The number of nitrogens with one attached hydrogen (secondary N) is 3. The van der Waals surface area contributed by atoms with E-state index in [1.807, 2.05) is 0 Å². The molecule has 0 saturated carbocycles. The van der Waals surface area contributed by atoms with Gasteiger partial charge in [0.2, 0.25) is 0 Å². The third-order valence-electron chi connectivity index (χ3n) is 5.32. The molecule has 11 nitrogen and oxygen atoms in total. The predicted molar refractivity (Wildman–Crippen MR) is 130 cm³/mol. The maximum absolute atomic E-state index is 12.9. The number of carbonyl (C=O) groups excluding carboxylic acids is 2. The topological polar surface area (TPSA) is 149 Å². The number of urea groups is 1. The summed E-state index contributed by atoms with van der Waals surface area (Å²) in [5.41, 5.74) is 5.07. The normalized spacial score (nSPS) is 11.8. The lowest BCUT2D eigenvalue weighted by atomic mass is 10.0. The van der Waals surface area contributed by atoms with Gasteiger partial charge >= 0.3 is 18.4 Å². The summed E-state index contributed by atoms with van der Waals surface area (Å²) in [6.45, 7) is -1.58. The summed E-state index contributed by atoms with van der Waals surface area (Å²) in [7, 11) is 1.25. The Morgan fingerprint density at radius 2 is 1.82 bits per heavy atom.